The summed E-state index contributed by atoms with van der Waals surface area (Å²) in [5.41, 5.74) is 0.901. The van der Waals surface area contributed by atoms with Gasteiger partial charge in [0, 0.05) is 6.54 Å². The standard InChI is InChI=1S/C17H17ClFNO4S/c1-24-17(21)15-11-14(8-9-16(15)18)25(22,23)20-10-2-3-12-4-6-13(19)7-5-12/h4-9,11,20H,2-3,10H2,1H3. The predicted octanol–water partition coefficient (Wildman–Crippen LogP) is 3.18. The van der Waals surface area contributed by atoms with Crippen molar-refractivity contribution in [3.05, 3.63) is 64.4 Å². The normalized spacial score (nSPS) is 11.3. The van der Waals surface area contributed by atoms with Gasteiger partial charge in [0.1, 0.15) is 5.82 Å². The fourth-order valence-electron chi connectivity index (χ4n) is 2.17. The molecule has 0 fully saturated rings. The maximum atomic E-state index is 12.8. The van der Waals surface area contributed by atoms with E-state index < -0.39 is 16.0 Å². The maximum Gasteiger partial charge on any atom is 0.339 e. The van der Waals surface area contributed by atoms with Crippen LogP contribution in [0, 0.1) is 5.82 Å². The van der Waals surface area contributed by atoms with Gasteiger partial charge in [0.2, 0.25) is 10.0 Å². The summed E-state index contributed by atoms with van der Waals surface area (Å²) < 4.78 is 44.5. The van der Waals surface area contributed by atoms with Crippen LogP contribution in [0.15, 0.2) is 47.4 Å². The Morgan fingerprint density at radius 1 is 1.20 bits per heavy atom. The fraction of sp³-hybridized carbons (Fsp3) is 0.235. The fourth-order valence-corrected chi connectivity index (χ4v) is 3.47. The third-order valence-electron chi connectivity index (χ3n) is 3.50. The molecule has 1 N–H and O–H groups in total. The number of rotatable bonds is 7. The summed E-state index contributed by atoms with van der Waals surface area (Å²) in [4.78, 5) is 11.5. The summed E-state index contributed by atoms with van der Waals surface area (Å²) in [6.07, 6.45) is 1.15. The topological polar surface area (TPSA) is 72.5 Å². The molecule has 0 heterocycles. The first-order valence-corrected chi connectivity index (χ1v) is 9.31. The van der Waals surface area contributed by atoms with E-state index in [0.29, 0.717) is 12.8 Å². The Morgan fingerprint density at radius 2 is 1.88 bits per heavy atom. The van der Waals surface area contributed by atoms with Crippen molar-refractivity contribution in [2.45, 2.75) is 17.7 Å². The van der Waals surface area contributed by atoms with Crippen molar-refractivity contribution in [3.8, 4) is 0 Å². The van der Waals surface area contributed by atoms with Crippen LogP contribution >= 0.6 is 11.6 Å². The van der Waals surface area contributed by atoms with Gasteiger partial charge in [-0.15, -0.1) is 0 Å². The zero-order valence-electron chi connectivity index (χ0n) is 13.5. The molecule has 2 rings (SSSR count). The zero-order chi connectivity index (χ0) is 18.4. The molecular weight excluding hydrogens is 369 g/mol. The highest BCUT2D eigenvalue weighted by Gasteiger charge is 2.18. The highest BCUT2D eigenvalue weighted by molar-refractivity contribution is 7.89. The Morgan fingerprint density at radius 3 is 2.52 bits per heavy atom. The van der Waals surface area contributed by atoms with Gasteiger partial charge < -0.3 is 4.74 Å². The molecule has 0 aliphatic carbocycles. The van der Waals surface area contributed by atoms with E-state index >= 15 is 0 Å². The number of carbonyl (C=O) groups excluding carboxylic acids is 1. The Kier molecular flexibility index (Phi) is 6.52. The van der Waals surface area contributed by atoms with E-state index in [0.717, 1.165) is 5.56 Å². The van der Waals surface area contributed by atoms with Crippen molar-refractivity contribution in [1.29, 1.82) is 0 Å². The van der Waals surface area contributed by atoms with E-state index in [4.69, 9.17) is 11.6 Å². The molecular formula is C17H17ClFNO4S. The largest absolute Gasteiger partial charge is 0.465 e. The second-order valence-corrected chi connectivity index (χ2v) is 7.44. The maximum absolute atomic E-state index is 12.8. The quantitative estimate of drug-likeness (QED) is 0.587. The van der Waals surface area contributed by atoms with E-state index in [-0.39, 0.29) is 27.8 Å². The van der Waals surface area contributed by atoms with E-state index in [1.807, 2.05) is 0 Å². The molecule has 2 aromatic rings. The number of nitrogens with one attached hydrogen (secondary N) is 1. The monoisotopic (exact) mass is 385 g/mol. The molecule has 0 amide bonds. The minimum atomic E-state index is -3.78. The number of hydrogen-bond donors (Lipinski definition) is 1. The SMILES string of the molecule is COC(=O)c1cc(S(=O)(=O)NCCCc2ccc(F)cc2)ccc1Cl. The Balaban J connectivity index is 1.99. The second kappa shape index (κ2) is 8.42. The molecule has 0 bridgehead atoms. The van der Waals surface area contributed by atoms with E-state index in [1.54, 1.807) is 12.1 Å². The van der Waals surface area contributed by atoms with Crippen LogP contribution in [0.1, 0.15) is 22.3 Å². The number of ether oxygens (including phenoxy) is 1. The van der Waals surface area contributed by atoms with Gasteiger partial charge in [0.15, 0.2) is 0 Å². The summed E-state index contributed by atoms with van der Waals surface area (Å²) in [7, 11) is -2.59. The third-order valence-corrected chi connectivity index (χ3v) is 5.29. The molecule has 134 valence electrons. The zero-order valence-corrected chi connectivity index (χ0v) is 15.0. The molecule has 5 nitrogen and oxygen atoms in total. The van der Waals surface area contributed by atoms with Crippen LogP contribution in [-0.2, 0) is 21.2 Å². The number of carbonyl (C=O) groups is 1. The average Bonchev–Trinajstić information content (AvgIpc) is 2.60. The smallest absolute Gasteiger partial charge is 0.339 e. The number of aryl methyl sites for hydroxylation is 1. The third kappa shape index (κ3) is 5.26. The molecule has 0 unspecified atom stereocenters. The lowest BCUT2D eigenvalue weighted by Gasteiger charge is -2.09. The van der Waals surface area contributed by atoms with Crippen LogP contribution in [0.5, 0.6) is 0 Å². The number of benzene rings is 2. The van der Waals surface area contributed by atoms with E-state index in [1.165, 1.54) is 37.4 Å². The van der Waals surface area contributed by atoms with Crippen LogP contribution in [0.3, 0.4) is 0 Å². The molecule has 0 aliphatic heterocycles. The predicted molar refractivity (Wildman–Crippen MR) is 92.7 cm³/mol. The second-order valence-electron chi connectivity index (χ2n) is 5.26. The van der Waals surface area contributed by atoms with Crippen molar-refractivity contribution in [2.24, 2.45) is 0 Å². The van der Waals surface area contributed by atoms with Crippen LogP contribution in [-0.4, -0.2) is 28.0 Å². The highest BCUT2D eigenvalue weighted by atomic mass is 35.5. The van der Waals surface area contributed by atoms with Gasteiger partial charge in [0.05, 0.1) is 22.6 Å². The first kappa shape index (κ1) is 19.4. The molecule has 0 saturated heterocycles. The van der Waals surface area contributed by atoms with Gasteiger partial charge in [-0.25, -0.2) is 22.3 Å². The van der Waals surface area contributed by atoms with E-state index in [9.17, 15) is 17.6 Å². The van der Waals surface area contributed by atoms with E-state index in [2.05, 4.69) is 9.46 Å². The van der Waals surface area contributed by atoms with Gasteiger partial charge >= 0.3 is 5.97 Å². The first-order valence-electron chi connectivity index (χ1n) is 7.45. The Labute approximate surface area is 150 Å². The molecule has 0 saturated carbocycles. The van der Waals surface area contributed by atoms with Crippen molar-refractivity contribution < 1.29 is 22.3 Å². The Hall–Kier alpha value is -1.96. The lowest BCUT2D eigenvalue weighted by molar-refractivity contribution is 0.0600. The molecule has 25 heavy (non-hydrogen) atoms. The summed E-state index contributed by atoms with van der Waals surface area (Å²) in [6, 6.07) is 9.87. The number of methoxy groups -OCH3 is 1. The minimum Gasteiger partial charge on any atom is -0.465 e. The molecule has 8 heteroatoms. The van der Waals surface area contributed by atoms with Crippen LogP contribution in [0.2, 0.25) is 5.02 Å². The van der Waals surface area contributed by atoms with Crippen LogP contribution in [0.25, 0.3) is 0 Å². The van der Waals surface area contributed by atoms with Gasteiger partial charge in [-0.1, -0.05) is 23.7 Å². The van der Waals surface area contributed by atoms with Gasteiger partial charge in [-0.3, -0.25) is 0 Å². The lowest BCUT2D eigenvalue weighted by atomic mass is 10.1. The number of hydrogen-bond acceptors (Lipinski definition) is 4. The number of halogens is 2. The number of esters is 1. The first-order chi connectivity index (χ1) is 11.8. The van der Waals surface area contributed by atoms with Gasteiger partial charge in [-0.2, -0.15) is 0 Å². The van der Waals surface area contributed by atoms with Gasteiger partial charge in [0.25, 0.3) is 0 Å². The lowest BCUT2D eigenvalue weighted by Crippen LogP contribution is -2.25. The Bertz CT molecular complexity index is 853. The molecule has 2 aromatic carbocycles. The summed E-state index contributed by atoms with van der Waals surface area (Å²) >= 11 is 5.88. The molecule has 0 radical (unpaired) electrons. The van der Waals surface area contributed by atoms with Gasteiger partial charge in [-0.05, 0) is 48.7 Å². The minimum absolute atomic E-state index is 0.0154. The van der Waals surface area contributed by atoms with Crippen LogP contribution < -0.4 is 4.72 Å². The average molecular weight is 386 g/mol. The van der Waals surface area contributed by atoms with Crippen molar-refractivity contribution in [2.75, 3.05) is 13.7 Å². The summed E-state index contributed by atoms with van der Waals surface area (Å²) in [5, 5.41) is 0.113. The van der Waals surface area contributed by atoms with Crippen molar-refractivity contribution in [1.82, 2.24) is 4.72 Å². The molecule has 0 atom stereocenters. The van der Waals surface area contributed by atoms with Crippen molar-refractivity contribution >= 4 is 27.6 Å². The molecule has 0 aliphatic rings. The van der Waals surface area contributed by atoms with Crippen molar-refractivity contribution in [3.63, 3.8) is 0 Å². The summed E-state index contributed by atoms with van der Waals surface area (Å²) in [6.45, 7) is 0.204. The van der Waals surface area contributed by atoms with Crippen LogP contribution in [0.4, 0.5) is 4.39 Å². The number of sulfonamides is 1. The summed E-state index contributed by atoms with van der Waals surface area (Å²) in [5.74, 6) is -1.02. The molecule has 0 aromatic heterocycles. The molecule has 0 spiro atoms. The highest BCUT2D eigenvalue weighted by Crippen LogP contribution is 2.21.